The number of pyridine rings is 1. The summed E-state index contributed by atoms with van der Waals surface area (Å²) in [7, 11) is 0. The van der Waals surface area contributed by atoms with Crippen LogP contribution in [0.5, 0.6) is 0 Å². The minimum atomic E-state index is -0.539. The Morgan fingerprint density at radius 2 is 2.11 bits per heavy atom. The number of nitrogens with one attached hydrogen (secondary N) is 1. The molecular weight excluding hydrogens is 261 g/mol. The Labute approximate surface area is 106 Å². The number of benzene rings is 1. The molecule has 2 aromatic rings. The Morgan fingerprint density at radius 3 is 2.72 bits per heavy atom. The predicted molar refractivity (Wildman–Crippen MR) is 65.6 cm³/mol. The first kappa shape index (κ1) is 12.3. The predicted octanol–water partition coefficient (Wildman–Crippen LogP) is 3.53. The molecule has 0 saturated carbocycles. The van der Waals surface area contributed by atoms with E-state index in [1.165, 1.54) is 30.3 Å². The van der Waals surface area contributed by atoms with Crippen molar-refractivity contribution in [2.45, 2.75) is 0 Å². The quantitative estimate of drug-likeness (QED) is 0.682. The van der Waals surface area contributed by atoms with Crippen LogP contribution in [-0.4, -0.2) is 9.91 Å². The molecule has 0 radical (unpaired) electrons. The van der Waals surface area contributed by atoms with Crippen LogP contribution in [0.1, 0.15) is 0 Å². The number of rotatable bonds is 3. The molecule has 18 heavy (non-hydrogen) atoms. The molecule has 0 amide bonds. The molecule has 1 N–H and O–H groups in total. The Balaban J connectivity index is 2.35. The smallest absolute Gasteiger partial charge is 0.292 e. The molecule has 7 heteroatoms. The fraction of sp³-hybridized carbons (Fsp3) is 0. The van der Waals surface area contributed by atoms with Gasteiger partial charge in [0.15, 0.2) is 0 Å². The van der Waals surface area contributed by atoms with Gasteiger partial charge in [0.25, 0.3) is 5.69 Å². The lowest BCUT2D eigenvalue weighted by atomic mass is 10.2. The lowest BCUT2D eigenvalue weighted by Crippen LogP contribution is -1.98. The van der Waals surface area contributed by atoms with Crippen LogP contribution in [0.2, 0.25) is 5.02 Å². The highest BCUT2D eigenvalue weighted by Crippen LogP contribution is 2.29. The molecule has 2 rings (SSSR count). The maximum absolute atomic E-state index is 12.7. The molecule has 0 fully saturated rings. The highest BCUT2D eigenvalue weighted by atomic mass is 35.5. The second-order valence-corrected chi connectivity index (χ2v) is 3.84. The van der Waals surface area contributed by atoms with E-state index in [4.69, 9.17) is 11.6 Å². The molecule has 0 atom stereocenters. The molecule has 0 aliphatic heterocycles. The number of anilines is 2. The number of nitro groups is 1. The maximum atomic E-state index is 12.7. The van der Waals surface area contributed by atoms with Crippen molar-refractivity contribution in [2.24, 2.45) is 0 Å². The van der Waals surface area contributed by atoms with E-state index < -0.39 is 10.7 Å². The van der Waals surface area contributed by atoms with Crippen LogP contribution < -0.4 is 5.32 Å². The van der Waals surface area contributed by atoms with E-state index in [0.717, 1.165) is 6.20 Å². The third-order valence-corrected chi connectivity index (χ3v) is 2.38. The van der Waals surface area contributed by atoms with Gasteiger partial charge < -0.3 is 5.32 Å². The van der Waals surface area contributed by atoms with Gasteiger partial charge in [0.05, 0.1) is 11.1 Å². The second-order valence-electron chi connectivity index (χ2n) is 3.41. The van der Waals surface area contributed by atoms with Crippen molar-refractivity contribution in [3.63, 3.8) is 0 Å². The first-order chi connectivity index (χ1) is 8.56. The van der Waals surface area contributed by atoms with Crippen LogP contribution in [0.3, 0.4) is 0 Å². The van der Waals surface area contributed by atoms with E-state index in [1.54, 1.807) is 0 Å². The molecule has 1 aromatic carbocycles. The summed E-state index contributed by atoms with van der Waals surface area (Å²) >= 11 is 5.77. The fourth-order valence-electron chi connectivity index (χ4n) is 1.36. The highest BCUT2D eigenvalue weighted by Gasteiger charge is 2.14. The van der Waals surface area contributed by atoms with E-state index in [9.17, 15) is 14.5 Å². The minimum absolute atomic E-state index is 0.134. The summed E-state index contributed by atoms with van der Waals surface area (Å²) in [5, 5.41) is 13.9. The van der Waals surface area contributed by atoms with Gasteiger partial charge in [0, 0.05) is 11.1 Å². The summed E-state index contributed by atoms with van der Waals surface area (Å²) in [6, 6.07) is 6.69. The SMILES string of the molecule is O=[N+]([O-])c1ccc(Cl)cc1Nc1ccc(F)cn1. The van der Waals surface area contributed by atoms with Gasteiger partial charge in [-0.15, -0.1) is 0 Å². The van der Waals surface area contributed by atoms with E-state index in [-0.39, 0.29) is 11.4 Å². The van der Waals surface area contributed by atoms with Gasteiger partial charge in [-0.2, -0.15) is 0 Å². The van der Waals surface area contributed by atoms with E-state index in [2.05, 4.69) is 10.3 Å². The Kier molecular flexibility index (Phi) is 3.38. The van der Waals surface area contributed by atoms with E-state index in [1.807, 2.05) is 0 Å². The third kappa shape index (κ3) is 2.72. The second kappa shape index (κ2) is 4.97. The Bertz CT molecular complexity index is 589. The lowest BCUT2D eigenvalue weighted by molar-refractivity contribution is -0.383. The molecule has 92 valence electrons. The average Bonchev–Trinajstić information content (AvgIpc) is 2.32. The van der Waals surface area contributed by atoms with Crippen LogP contribution in [0.15, 0.2) is 36.5 Å². The molecule has 0 saturated heterocycles. The van der Waals surface area contributed by atoms with Crippen molar-refractivity contribution >= 4 is 28.8 Å². The van der Waals surface area contributed by atoms with Gasteiger partial charge >= 0.3 is 0 Å². The van der Waals surface area contributed by atoms with Gasteiger partial charge in [-0.25, -0.2) is 9.37 Å². The van der Waals surface area contributed by atoms with Crippen molar-refractivity contribution < 1.29 is 9.31 Å². The molecule has 0 bridgehead atoms. The van der Waals surface area contributed by atoms with Crippen LogP contribution in [-0.2, 0) is 0 Å². The molecule has 5 nitrogen and oxygen atoms in total. The molecule has 1 heterocycles. The first-order valence-corrected chi connectivity index (χ1v) is 5.26. The topological polar surface area (TPSA) is 68.1 Å². The first-order valence-electron chi connectivity index (χ1n) is 4.89. The molecule has 0 spiro atoms. The zero-order chi connectivity index (χ0) is 13.1. The number of nitrogens with zero attached hydrogens (tertiary/aromatic N) is 2. The number of nitro benzene ring substituents is 1. The van der Waals surface area contributed by atoms with Crippen LogP contribution in [0, 0.1) is 15.9 Å². The summed E-state index contributed by atoms with van der Waals surface area (Å²) < 4.78 is 12.7. The standard InChI is InChI=1S/C11H7ClFN3O2/c12-7-1-3-10(16(17)18)9(5-7)15-11-4-2-8(13)6-14-11/h1-6H,(H,14,15). The fourth-order valence-corrected chi connectivity index (χ4v) is 1.53. The van der Waals surface area contributed by atoms with Crippen LogP contribution in [0.4, 0.5) is 21.6 Å². The molecule has 0 aliphatic rings. The molecular formula is C11H7ClFN3O2. The van der Waals surface area contributed by atoms with Gasteiger partial charge in [-0.3, -0.25) is 10.1 Å². The van der Waals surface area contributed by atoms with Gasteiger partial charge in [0.2, 0.25) is 0 Å². The number of aromatic nitrogens is 1. The molecule has 1 aromatic heterocycles. The van der Waals surface area contributed by atoms with Crippen molar-refractivity contribution in [3.8, 4) is 0 Å². The van der Waals surface area contributed by atoms with Crippen molar-refractivity contribution in [2.75, 3.05) is 5.32 Å². The summed E-state index contributed by atoms with van der Waals surface area (Å²) in [5.41, 5.74) is 0.0668. The normalized spacial score (nSPS) is 10.1. The molecule has 0 unspecified atom stereocenters. The number of halogens is 2. The van der Waals surface area contributed by atoms with E-state index >= 15 is 0 Å². The summed E-state index contributed by atoms with van der Waals surface area (Å²) in [6.45, 7) is 0. The third-order valence-electron chi connectivity index (χ3n) is 2.15. The van der Waals surface area contributed by atoms with Crippen LogP contribution >= 0.6 is 11.6 Å². The average molecular weight is 268 g/mol. The van der Waals surface area contributed by atoms with Gasteiger partial charge in [-0.1, -0.05) is 11.6 Å². The van der Waals surface area contributed by atoms with Crippen molar-refractivity contribution in [1.29, 1.82) is 0 Å². The van der Waals surface area contributed by atoms with Crippen molar-refractivity contribution in [1.82, 2.24) is 4.98 Å². The monoisotopic (exact) mass is 267 g/mol. The largest absolute Gasteiger partial charge is 0.335 e. The van der Waals surface area contributed by atoms with Gasteiger partial charge in [0.1, 0.15) is 17.3 Å². The summed E-state index contributed by atoms with van der Waals surface area (Å²) in [6.07, 6.45) is 1.01. The lowest BCUT2D eigenvalue weighted by Gasteiger charge is -2.06. The Hall–Kier alpha value is -2.21. The minimum Gasteiger partial charge on any atom is -0.335 e. The maximum Gasteiger partial charge on any atom is 0.292 e. The number of hydrogen-bond acceptors (Lipinski definition) is 4. The van der Waals surface area contributed by atoms with E-state index in [0.29, 0.717) is 10.8 Å². The number of hydrogen-bond donors (Lipinski definition) is 1. The van der Waals surface area contributed by atoms with Crippen LogP contribution in [0.25, 0.3) is 0 Å². The zero-order valence-corrected chi connectivity index (χ0v) is 9.69. The highest BCUT2D eigenvalue weighted by molar-refractivity contribution is 6.31. The molecule has 0 aliphatic carbocycles. The Morgan fingerprint density at radius 1 is 1.33 bits per heavy atom. The van der Waals surface area contributed by atoms with Crippen molar-refractivity contribution in [3.05, 3.63) is 57.5 Å². The van der Waals surface area contributed by atoms with Gasteiger partial charge in [-0.05, 0) is 24.3 Å². The summed E-state index contributed by atoms with van der Waals surface area (Å²) in [5.74, 6) is -0.192. The zero-order valence-electron chi connectivity index (χ0n) is 8.93. The summed E-state index contributed by atoms with van der Waals surface area (Å²) in [4.78, 5) is 14.0.